The SMILES string of the molecule is CSc1nn2c(N(C)C)cc(C)nc2c1S(=O)(=O)c1ccc(C)cc1. The lowest BCUT2D eigenvalue weighted by Crippen LogP contribution is -2.15. The molecule has 6 nitrogen and oxygen atoms in total. The van der Waals surface area contributed by atoms with Gasteiger partial charge in [0, 0.05) is 25.9 Å². The molecule has 0 atom stereocenters. The summed E-state index contributed by atoms with van der Waals surface area (Å²) in [6, 6.07) is 8.72. The highest BCUT2D eigenvalue weighted by atomic mass is 32.2. The molecule has 2 aromatic heterocycles. The molecule has 0 aliphatic rings. The molecule has 3 aromatic rings. The Hall–Kier alpha value is -2.06. The molecular weight excluding hydrogens is 356 g/mol. The van der Waals surface area contributed by atoms with Gasteiger partial charge in [-0.3, -0.25) is 0 Å². The molecule has 0 spiro atoms. The van der Waals surface area contributed by atoms with E-state index in [9.17, 15) is 8.42 Å². The first-order valence-corrected chi connectivity index (χ1v) is 10.4. The summed E-state index contributed by atoms with van der Waals surface area (Å²) in [5.74, 6) is 0.781. The van der Waals surface area contributed by atoms with Gasteiger partial charge in [0.15, 0.2) is 10.5 Å². The van der Waals surface area contributed by atoms with Crippen molar-refractivity contribution in [3.8, 4) is 0 Å². The van der Waals surface area contributed by atoms with Crippen LogP contribution in [0, 0.1) is 13.8 Å². The summed E-state index contributed by atoms with van der Waals surface area (Å²) in [5, 5.41) is 4.95. The van der Waals surface area contributed by atoms with Gasteiger partial charge in [0.05, 0.1) is 4.90 Å². The van der Waals surface area contributed by atoms with Gasteiger partial charge in [-0.1, -0.05) is 17.7 Å². The van der Waals surface area contributed by atoms with E-state index >= 15 is 0 Å². The highest BCUT2D eigenvalue weighted by Crippen LogP contribution is 2.33. The van der Waals surface area contributed by atoms with Crippen LogP contribution >= 0.6 is 11.8 Å². The molecule has 0 amide bonds. The normalized spacial score (nSPS) is 11.9. The third kappa shape index (κ3) is 3.00. The lowest BCUT2D eigenvalue weighted by Gasteiger charge is -2.14. The van der Waals surface area contributed by atoms with Crippen LogP contribution in [0.25, 0.3) is 5.65 Å². The summed E-state index contributed by atoms with van der Waals surface area (Å²) in [7, 11) is 0.0572. The second-order valence-electron chi connectivity index (χ2n) is 6.04. The standard InChI is InChI=1S/C17H20N4O2S2/c1-11-6-8-13(9-7-11)25(22,23)15-16-18-12(2)10-14(20(3)4)21(16)19-17(15)24-5/h6-10H,1-5H3. The monoisotopic (exact) mass is 376 g/mol. The van der Waals surface area contributed by atoms with Gasteiger partial charge in [-0.25, -0.2) is 13.4 Å². The van der Waals surface area contributed by atoms with Crippen LogP contribution in [0.4, 0.5) is 5.82 Å². The fraction of sp³-hybridized carbons (Fsp3) is 0.294. The summed E-state index contributed by atoms with van der Waals surface area (Å²) in [6.07, 6.45) is 1.82. The second-order valence-corrected chi connectivity index (χ2v) is 8.72. The van der Waals surface area contributed by atoms with Crippen molar-refractivity contribution in [2.24, 2.45) is 0 Å². The fourth-order valence-electron chi connectivity index (χ4n) is 2.60. The Labute approximate surface area is 151 Å². The molecule has 2 heterocycles. The molecule has 0 fully saturated rings. The van der Waals surface area contributed by atoms with Crippen LogP contribution in [0.3, 0.4) is 0 Å². The van der Waals surface area contributed by atoms with E-state index in [1.165, 1.54) is 11.8 Å². The second kappa shape index (κ2) is 6.34. The van der Waals surface area contributed by atoms with Gasteiger partial charge in [-0.05, 0) is 32.2 Å². The van der Waals surface area contributed by atoms with Gasteiger partial charge in [0.1, 0.15) is 10.8 Å². The van der Waals surface area contributed by atoms with Crippen LogP contribution in [0.5, 0.6) is 0 Å². The minimum Gasteiger partial charge on any atom is -0.363 e. The number of benzene rings is 1. The molecule has 0 saturated heterocycles. The summed E-state index contributed by atoms with van der Waals surface area (Å²) >= 11 is 1.30. The topological polar surface area (TPSA) is 67.6 Å². The maximum atomic E-state index is 13.3. The molecule has 0 aliphatic carbocycles. The Morgan fingerprint density at radius 3 is 2.32 bits per heavy atom. The van der Waals surface area contributed by atoms with Crippen molar-refractivity contribution in [2.45, 2.75) is 28.7 Å². The summed E-state index contributed by atoms with van der Waals surface area (Å²) in [6.45, 7) is 3.77. The minimum absolute atomic E-state index is 0.163. The summed E-state index contributed by atoms with van der Waals surface area (Å²) in [5.41, 5.74) is 2.10. The Kier molecular flexibility index (Phi) is 4.51. The predicted octanol–water partition coefficient (Wildman–Crippen LogP) is 2.97. The van der Waals surface area contributed by atoms with Crippen LogP contribution in [0.15, 0.2) is 45.1 Å². The number of nitrogens with zero attached hydrogens (tertiary/aromatic N) is 4. The average Bonchev–Trinajstić information content (AvgIpc) is 2.93. The molecule has 3 rings (SSSR count). The molecular formula is C17H20N4O2S2. The first-order valence-electron chi connectivity index (χ1n) is 7.69. The summed E-state index contributed by atoms with van der Waals surface area (Å²) < 4.78 is 28.1. The zero-order valence-corrected chi connectivity index (χ0v) is 16.4. The van der Waals surface area contributed by atoms with E-state index in [1.54, 1.807) is 28.8 Å². The van der Waals surface area contributed by atoms with E-state index < -0.39 is 9.84 Å². The van der Waals surface area contributed by atoms with Gasteiger partial charge in [0.2, 0.25) is 9.84 Å². The van der Waals surface area contributed by atoms with Gasteiger partial charge in [-0.2, -0.15) is 9.61 Å². The van der Waals surface area contributed by atoms with Crippen molar-refractivity contribution in [2.75, 3.05) is 25.3 Å². The van der Waals surface area contributed by atoms with Crippen molar-refractivity contribution >= 4 is 33.1 Å². The quantitative estimate of drug-likeness (QED) is 0.652. The van der Waals surface area contributed by atoms with Crippen molar-refractivity contribution in [3.63, 3.8) is 0 Å². The third-order valence-electron chi connectivity index (χ3n) is 3.88. The maximum absolute atomic E-state index is 13.3. The molecule has 0 aliphatic heterocycles. The van der Waals surface area contributed by atoms with Crippen LogP contribution in [-0.4, -0.2) is 43.4 Å². The Morgan fingerprint density at radius 1 is 1.12 bits per heavy atom. The zero-order valence-electron chi connectivity index (χ0n) is 14.8. The number of anilines is 1. The number of aryl methyl sites for hydroxylation is 2. The van der Waals surface area contributed by atoms with Crippen LogP contribution in [0.1, 0.15) is 11.3 Å². The number of aromatic nitrogens is 3. The van der Waals surface area contributed by atoms with Crippen molar-refractivity contribution < 1.29 is 8.42 Å². The number of sulfone groups is 1. The molecule has 0 bridgehead atoms. The molecule has 0 unspecified atom stereocenters. The first-order chi connectivity index (χ1) is 11.8. The Balaban J connectivity index is 2.37. The van der Waals surface area contributed by atoms with E-state index in [4.69, 9.17) is 0 Å². The lowest BCUT2D eigenvalue weighted by molar-refractivity contribution is 0.594. The predicted molar refractivity (Wildman–Crippen MR) is 100 cm³/mol. The minimum atomic E-state index is -3.73. The van der Waals surface area contributed by atoms with E-state index in [1.807, 2.05) is 45.2 Å². The molecule has 132 valence electrons. The average molecular weight is 377 g/mol. The maximum Gasteiger partial charge on any atom is 0.213 e. The summed E-state index contributed by atoms with van der Waals surface area (Å²) in [4.78, 5) is 6.78. The third-order valence-corrected chi connectivity index (χ3v) is 6.49. The zero-order chi connectivity index (χ0) is 18.4. The fourth-order valence-corrected chi connectivity index (χ4v) is 5.00. The van der Waals surface area contributed by atoms with Crippen molar-refractivity contribution in [1.82, 2.24) is 14.6 Å². The number of fused-ring (bicyclic) bond motifs is 1. The van der Waals surface area contributed by atoms with Crippen LogP contribution < -0.4 is 4.90 Å². The molecule has 0 saturated carbocycles. The molecule has 0 N–H and O–H groups in total. The Bertz CT molecular complexity index is 1040. The van der Waals surface area contributed by atoms with E-state index in [-0.39, 0.29) is 9.79 Å². The van der Waals surface area contributed by atoms with Gasteiger partial charge in [-0.15, -0.1) is 11.8 Å². The van der Waals surface area contributed by atoms with Crippen LogP contribution in [-0.2, 0) is 9.84 Å². The lowest BCUT2D eigenvalue weighted by atomic mass is 10.2. The highest BCUT2D eigenvalue weighted by molar-refractivity contribution is 7.99. The molecule has 25 heavy (non-hydrogen) atoms. The van der Waals surface area contributed by atoms with E-state index in [0.717, 1.165) is 17.1 Å². The largest absolute Gasteiger partial charge is 0.363 e. The smallest absolute Gasteiger partial charge is 0.213 e. The molecule has 8 heteroatoms. The first kappa shape index (κ1) is 17.8. The number of thioether (sulfide) groups is 1. The number of hydrogen-bond donors (Lipinski definition) is 0. The molecule has 1 aromatic carbocycles. The van der Waals surface area contributed by atoms with Crippen molar-refractivity contribution in [3.05, 3.63) is 41.6 Å². The number of rotatable bonds is 4. The van der Waals surface area contributed by atoms with Crippen molar-refractivity contribution in [1.29, 1.82) is 0 Å². The van der Waals surface area contributed by atoms with Gasteiger partial charge >= 0.3 is 0 Å². The van der Waals surface area contributed by atoms with Gasteiger partial charge < -0.3 is 4.90 Å². The Morgan fingerprint density at radius 2 is 1.76 bits per heavy atom. The van der Waals surface area contributed by atoms with Crippen LogP contribution in [0.2, 0.25) is 0 Å². The van der Waals surface area contributed by atoms with Gasteiger partial charge in [0.25, 0.3) is 0 Å². The number of hydrogen-bond acceptors (Lipinski definition) is 6. The van der Waals surface area contributed by atoms with E-state index in [2.05, 4.69) is 10.1 Å². The molecule has 0 radical (unpaired) electrons. The van der Waals surface area contributed by atoms with E-state index in [0.29, 0.717) is 10.7 Å². The highest BCUT2D eigenvalue weighted by Gasteiger charge is 2.29.